The first-order valence-corrected chi connectivity index (χ1v) is 9.57. The zero-order valence-electron chi connectivity index (χ0n) is 17.3. The van der Waals surface area contributed by atoms with Crippen molar-refractivity contribution in [3.63, 3.8) is 0 Å². The number of alkyl halides is 3. The molecule has 0 spiro atoms. The largest absolute Gasteiger partial charge is 0.475 e. The van der Waals surface area contributed by atoms with E-state index in [1.807, 2.05) is 0 Å². The first kappa shape index (κ1) is 26.4. The molecule has 0 aliphatic carbocycles. The van der Waals surface area contributed by atoms with Crippen LogP contribution in [0.3, 0.4) is 0 Å². The minimum absolute atomic E-state index is 0. The number of halogens is 5. The zero-order chi connectivity index (χ0) is 23.5. The lowest BCUT2D eigenvalue weighted by molar-refractivity contribution is -0.137. The molecule has 1 atom stereocenters. The number of amides is 2. The van der Waals surface area contributed by atoms with E-state index in [0.29, 0.717) is 23.6 Å². The van der Waals surface area contributed by atoms with Crippen molar-refractivity contribution in [3.05, 3.63) is 40.9 Å². The summed E-state index contributed by atoms with van der Waals surface area (Å²) in [5.41, 5.74) is 5.05. The van der Waals surface area contributed by atoms with Gasteiger partial charge in [-0.1, -0.05) is 11.6 Å². The Morgan fingerprint density at radius 1 is 1.24 bits per heavy atom. The fraction of sp³-hybridized carbons (Fsp3) is 0.333. The summed E-state index contributed by atoms with van der Waals surface area (Å²) in [6, 6.07) is 1.37. The Kier molecular flexibility index (Phi) is 8.66. The molecule has 3 rings (SSSR count). The van der Waals surface area contributed by atoms with Crippen molar-refractivity contribution in [1.82, 2.24) is 19.6 Å². The van der Waals surface area contributed by atoms with Gasteiger partial charge in [-0.25, -0.2) is 19.3 Å². The highest BCUT2D eigenvalue weighted by Crippen LogP contribution is 2.34. The molecule has 180 valence electrons. The predicted molar refractivity (Wildman–Crippen MR) is 117 cm³/mol. The van der Waals surface area contributed by atoms with E-state index in [2.05, 4.69) is 25.7 Å². The van der Waals surface area contributed by atoms with Gasteiger partial charge in [0.05, 0.1) is 29.2 Å². The molecule has 4 N–H and O–H groups in total. The van der Waals surface area contributed by atoms with Gasteiger partial charge in [0.1, 0.15) is 12.3 Å². The molecule has 3 aromatic heterocycles. The van der Waals surface area contributed by atoms with Gasteiger partial charge in [0.15, 0.2) is 10.8 Å². The zero-order valence-corrected chi connectivity index (χ0v) is 18.9. The second-order valence-electron chi connectivity index (χ2n) is 6.46. The Morgan fingerprint density at radius 3 is 2.58 bits per heavy atom. The fourth-order valence-electron chi connectivity index (χ4n) is 2.77. The van der Waals surface area contributed by atoms with E-state index in [9.17, 15) is 18.0 Å². The van der Waals surface area contributed by atoms with E-state index >= 15 is 0 Å². The number of nitrogens with two attached hydrogens (primary N) is 1. The number of nitrogens with one attached hydrogen (secondary N) is 2. The summed E-state index contributed by atoms with van der Waals surface area (Å²) in [6.07, 6.45) is -3.24. The van der Waals surface area contributed by atoms with Crippen LogP contribution in [0.2, 0.25) is 5.15 Å². The number of anilines is 2. The van der Waals surface area contributed by atoms with Gasteiger partial charge < -0.3 is 25.8 Å². The van der Waals surface area contributed by atoms with Crippen LogP contribution >= 0.6 is 24.0 Å². The van der Waals surface area contributed by atoms with Crippen molar-refractivity contribution in [1.29, 1.82) is 0 Å². The van der Waals surface area contributed by atoms with Gasteiger partial charge in [0.25, 0.3) is 0 Å². The number of methoxy groups -OCH3 is 1. The second-order valence-corrected chi connectivity index (χ2v) is 6.85. The van der Waals surface area contributed by atoms with E-state index in [1.54, 1.807) is 6.92 Å². The monoisotopic (exact) mass is 509 g/mol. The van der Waals surface area contributed by atoms with E-state index < -0.39 is 23.9 Å². The maximum Gasteiger partial charge on any atom is 0.417 e. The number of hydrogen-bond donors (Lipinski definition) is 3. The maximum atomic E-state index is 13.1. The lowest BCUT2D eigenvalue weighted by Crippen LogP contribution is -2.23. The number of hydrogen-bond acceptors (Lipinski definition) is 7. The molecule has 0 fully saturated rings. The maximum absolute atomic E-state index is 13.1. The molecule has 0 saturated carbocycles. The Hall–Kier alpha value is -2.87. The summed E-state index contributed by atoms with van der Waals surface area (Å²) in [5, 5.41) is 9.15. The lowest BCUT2D eigenvalue weighted by atomic mass is 10.2. The quantitative estimate of drug-likeness (QED) is 0.440. The first-order valence-electron chi connectivity index (χ1n) is 9.19. The minimum Gasteiger partial charge on any atom is -0.475 e. The molecule has 3 heterocycles. The number of carbonyl (C=O) groups excluding carboxylic acids is 1. The molecular weight excluding hydrogens is 490 g/mol. The lowest BCUT2D eigenvalue weighted by Gasteiger charge is -2.18. The summed E-state index contributed by atoms with van der Waals surface area (Å²) in [4.78, 5) is 20.4. The topological polar surface area (TPSA) is 129 Å². The number of fused-ring (bicyclic) bond motifs is 1. The SMILES string of the molecule is COC(C)c1c(NC(=O)Nc2cc(C(F)(F)F)cnc2OCCN)cnc2cc(Cl)nn12.Cl. The number of ether oxygens (including phenoxy) is 2. The molecule has 0 aliphatic heterocycles. The Balaban J connectivity index is 0.00000385. The average molecular weight is 510 g/mol. The summed E-state index contributed by atoms with van der Waals surface area (Å²) >= 11 is 5.94. The third-order valence-corrected chi connectivity index (χ3v) is 4.45. The van der Waals surface area contributed by atoms with E-state index in [1.165, 1.54) is 23.9 Å². The molecule has 33 heavy (non-hydrogen) atoms. The van der Waals surface area contributed by atoms with Crippen molar-refractivity contribution in [2.75, 3.05) is 30.9 Å². The van der Waals surface area contributed by atoms with Crippen LogP contribution in [0.1, 0.15) is 24.3 Å². The van der Waals surface area contributed by atoms with Crippen LogP contribution in [0.5, 0.6) is 5.88 Å². The molecule has 10 nitrogen and oxygen atoms in total. The molecule has 1 unspecified atom stereocenters. The van der Waals surface area contributed by atoms with Crippen LogP contribution in [0.4, 0.5) is 29.3 Å². The molecule has 0 bridgehead atoms. The van der Waals surface area contributed by atoms with Gasteiger partial charge in [-0.05, 0) is 13.0 Å². The van der Waals surface area contributed by atoms with Crippen molar-refractivity contribution >= 4 is 47.1 Å². The number of pyridine rings is 1. The highest BCUT2D eigenvalue weighted by atomic mass is 35.5. The molecule has 0 saturated heterocycles. The predicted octanol–water partition coefficient (Wildman–Crippen LogP) is 3.91. The molecule has 0 radical (unpaired) electrons. The number of urea groups is 1. The van der Waals surface area contributed by atoms with Gasteiger partial charge in [-0.2, -0.15) is 18.3 Å². The van der Waals surface area contributed by atoms with Crippen molar-refractivity contribution in [2.24, 2.45) is 5.73 Å². The van der Waals surface area contributed by atoms with Crippen LogP contribution in [0, 0.1) is 0 Å². The van der Waals surface area contributed by atoms with Gasteiger partial charge in [-0.3, -0.25) is 0 Å². The molecule has 0 aliphatic rings. The third-order valence-electron chi connectivity index (χ3n) is 4.26. The van der Waals surface area contributed by atoms with Crippen LogP contribution in [-0.2, 0) is 10.9 Å². The van der Waals surface area contributed by atoms with Crippen LogP contribution in [-0.4, -0.2) is 45.9 Å². The molecule has 3 aromatic rings. The second kappa shape index (κ2) is 10.8. The Morgan fingerprint density at radius 2 is 1.94 bits per heavy atom. The third kappa shape index (κ3) is 6.13. The first-order chi connectivity index (χ1) is 15.1. The number of rotatable bonds is 7. The molecule has 2 amide bonds. The Bertz CT molecular complexity index is 1130. The van der Waals surface area contributed by atoms with Crippen LogP contribution in [0.15, 0.2) is 24.5 Å². The number of carbonyl (C=O) groups is 1. The summed E-state index contributed by atoms with van der Waals surface area (Å²) in [5.74, 6) is -0.212. The van der Waals surface area contributed by atoms with E-state index in [0.717, 1.165) is 0 Å². The van der Waals surface area contributed by atoms with Gasteiger partial charge in [0.2, 0.25) is 5.88 Å². The highest BCUT2D eigenvalue weighted by Gasteiger charge is 2.32. The molecular formula is C18H20Cl2F3N7O3. The van der Waals surface area contributed by atoms with Crippen molar-refractivity contribution in [2.45, 2.75) is 19.2 Å². The number of nitrogens with zero attached hydrogens (tertiary/aromatic N) is 4. The summed E-state index contributed by atoms with van der Waals surface area (Å²) in [7, 11) is 1.46. The minimum atomic E-state index is -4.66. The normalized spacial score (nSPS) is 12.2. The van der Waals surface area contributed by atoms with E-state index in [4.69, 9.17) is 26.8 Å². The summed E-state index contributed by atoms with van der Waals surface area (Å²) in [6.45, 7) is 1.80. The number of aromatic nitrogens is 4. The average Bonchev–Trinajstić information content (AvgIpc) is 3.11. The van der Waals surface area contributed by atoms with E-state index in [-0.39, 0.29) is 48.0 Å². The van der Waals surface area contributed by atoms with Crippen LogP contribution in [0.25, 0.3) is 5.65 Å². The van der Waals surface area contributed by atoms with Gasteiger partial charge in [-0.15, -0.1) is 12.4 Å². The smallest absolute Gasteiger partial charge is 0.417 e. The highest BCUT2D eigenvalue weighted by molar-refractivity contribution is 6.29. The van der Waals surface area contributed by atoms with Gasteiger partial charge in [0, 0.05) is 25.9 Å². The fourth-order valence-corrected chi connectivity index (χ4v) is 2.94. The van der Waals surface area contributed by atoms with Crippen LogP contribution < -0.4 is 21.1 Å². The Labute approximate surface area is 197 Å². The molecule has 15 heteroatoms. The standard InChI is InChI=1S/C18H19ClF3N7O3.ClH/c1-9(31-2)15-12(8-24-14-6-13(19)28-29(14)15)27-17(30)26-11-5-10(18(20,21)22)7-25-16(11)32-4-3-23;/h5-9H,3-4,23H2,1-2H3,(H2,26,27,30);1H. The summed E-state index contributed by atoms with van der Waals surface area (Å²) < 4.78 is 51.3. The van der Waals surface area contributed by atoms with Crippen molar-refractivity contribution in [3.8, 4) is 5.88 Å². The van der Waals surface area contributed by atoms with Gasteiger partial charge >= 0.3 is 12.2 Å². The molecule has 0 aromatic carbocycles. The van der Waals surface area contributed by atoms with Crippen molar-refractivity contribution < 1.29 is 27.4 Å².